The van der Waals surface area contributed by atoms with Gasteiger partial charge in [-0.2, -0.15) is 0 Å². The topological polar surface area (TPSA) is 74.3 Å². The molecule has 4 atom stereocenters. The van der Waals surface area contributed by atoms with Crippen molar-refractivity contribution in [1.29, 1.82) is 0 Å². The fourth-order valence-corrected chi connectivity index (χ4v) is 6.33. The Kier molecular flexibility index (Phi) is 5.44. The Morgan fingerprint density at radius 3 is 2.60 bits per heavy atom. The first-order valence-corrected chi connectivity index (χ1v) is 12.0. The quantitative estimate of drug-likeness (QED) is 0.650. The summed E-state index contributed by atoms with van der Waals surface area (Å²) in [5.74, 6) is -4.99. The number of hydrogen-bond donors (Lipinski definition) is 2. The molecule has 6 nitrogen and oxygen atoms in total. The highest BCUT2D eigenvalue weighted by Crippen LogP contribution is 2.62. The zero-order chi connectivity index (χ0) is 21.8. The molecule has 1 aromatic carbocycles. The number of nitrogens with one attached hydrogen (secondary N) is 2. The van der Waals surface area contributed by atoms with Gasteiger partial charge < -0.3 is 10.2 Å². The normalized spacial score (nSPS) is 27.6. The number of rotatable bonds is 6. The van der Waals surface area contributed by atoms with Gasteiger partial charge >= 0.3 is 0 Å². The van der Waals surface area contributed by atoms with Crippen molar-refractivity contribution in [3.05, 3.63) is 34.5 Å². The molecule has 1 heterocycles. The van der Waals surface area contributed by atoms with Crippen molar-refractivity contribution in [1.82, 2.24) is 9.88 Å². The Morgan fingerprint density at radius 2 is 1.97 bits per heavy atom. The largest absolute Gasteiger partial charge is 0.379 e. The molecule has 164 valence electrons. The number of fused-ring (bicyclic) bond motifs is 1. The first-order chi connectivity index (χ1) is 14.0. The standard InChI is InChI=1S/C18H20ClF3N4O2S2/c1-26(2)15-6-10-9(18(10,21)22)5-14(15)24-13-8-12(20)16(7-11(13)19)30(27,28)25-17-23-3-4-29-17/h3-4,7-10,14-15,24H,5-6H2,1-2H3,(H,23,25)/t9?,10-,14+,15+/m0/s1. The Hall–Kier alpha value is -1.56. The van der Waals surface area contributed by atoms with Gasteiger partial charge in [0.2, 0.25) is 0 Å². The lowest BCUT2D eigenvalue weighted by atomic mass is 9.89. The monoisotopic (exact) mass is 480 g/mol. The number of benzene rings is 1. The molecule has 2 saturated carbocycles. The Balaban J connectivity index is 1.57. The van der Waals surface area contributed by atoms with E-state index < -0.39 is 38.5 Å². The van der Waals surface area contributed by atoms with Crippen molar-refractivity contribution in [2.75, 3.05) is 24.1 Å². The lowest BCUT2D eigenvalue weighted by Gasteiger charge is -2.36. The molecule has 2 aromatic rings. The SMILES string of the molecule is CN(C)[C@@H]1C[C@H]2C(C[C@H]1Nc1cc(F)c(S(=O)(=O)Nc3nccs3)cc1Cl)C2(F)F. The maximum Gasteiger partial charge on any atom is 0.266 e. The average molecular weight is 481 g/mol. The molecular weight excluding hydrogens is 461 g/mol. The van der Waals surface area contributed by atoms with Gasteiger partial charge in [0.25, 0.3) is 15.9 Å². The van der Waals surface area contributed by atoms with E-state index in [0.29, 0.717) is 6.42 Å². The van der Waals surface area contributed by atoms with E-state index in [9.17, 15) is 21.6 Å². The van der Waals surface area contributed by atoms with Gasteiger partial charge in [-0.15, -0.1) is 11.3 Å². The molecule has 2 aliphatic rings. The predicted octanol–water partition coefficient (Wildman–Crippen LogP) is 4.12. The zero-order valence-electron chi connectivity index (χ0n) is 16.1. The summed E-state index contributed by atoms with van der Waals surface area (Å²) in [6.07, 6.45) is 1.97. The smallest absolute Gasteiger partial charge is 0.266 e. The highest BCUT2D eigenvalue weighted by molar-refractivity contribution is 7.93. The molecule has 1 aromatic heterocycles. The molecule has 12 heteroatoms. The zero-order valence-corrected chi connectivity index (χ0v) is 18.5. The lowest BCUT2D eigenvalue weighted by molar-refractivity contribution is 0.0837. The molecule has 30 heavy (non-hydrogen) atoms. The molecule has 2 N–H and O–H groups in total. The molecule has 0 saturated heterocycles. The maximum absolute atomic E-state index is 14.7. The molecule has 4 rings (SSSR count). The van der Waals surface area contributed by atoms with Crippen LogP contribution in [0.5, 0.6) is 0 Å². The van der Waals surface area contributed by atoms with Crippen molar-refractivity contribution in [2.24, 2.45) is 11.8 Å². The average Bonchev–Trinajstić information content (AvgIpc) is 2.97. The summed E-state index contributed by atoms with van der Waals surface area (Å²) in [6, 6.07) is 1.44. The summed E-state index contributed by atoms with van der Waals surface area (Å²) in [4.78, 5) is 5.06. The van der Waals surface area contributed by atoms with Crippen LogP contribution in [0.2, 0.25) is 5.02 Å². The van der Waals surface area contributed by atoms with Gasteiger partial charge in [-0.3, -0.25) is 4.72 Å². The number of aromatic nitrogens is 1. The number of halogens is 4. The molecule has 0 amide bonds. The van der Waals surface area contributed by atoms with Crippen LogP contribution in [0.25, 0.3) is 0 Å². The van der Waals surface area contributed by atoms with Crippen molar-refractivity contribution < 1.29 is 21.6 Å². The number of anilines is 2. The van der Waals surface area contributed by atoms with E-state index in [1.165, 1.54) is 6.20 Å². The second kappa shape index (κ2) is 7.54. The molecule has 0 aliphatic heterocycles. The summed E-state index contributed by atoms with van der Waals surface area (Å²) < 4.78 is 69.7. The van der Waals surface area contributed by atoms with Crippen molar-refractivity contribution in [3.63, 3.8) is 0 Å². The highest BCUT2D eigenvalue weighted by Gasteiger charge is 2.70. The van der Waals surface area contributed by atoms with E-state index in [1.54, 1.807) is 5.38 Å². The molecular formula is C18H20ClF3N4O2S2. The Bertz CT molecular complexity index is 1050. The maximum atomic E-state index is 14.7. The number of likely N-dealkylation sites (N-methyl/N-ethyl adjacent to an activating group) is 1. The highest BCUT2D eigenvalue weighted by atomic mass is 35.5. The third kappa shape index (κ3) is 3.88. The van der Waals surface area contributed by atoms with Gasteiger partial charge in [-0.25, -0.2) is 26.6 Å². The van der Waals surface area contributed by atoms with E-state index in [1.807, 2.05) is 19.0 Å². The third-order valence-corrected chi connectivity index (χ3v) is 8.29. The first-order valence-electron chi connectivity index (χ1n) is 9.23. The minimum atomic E-state index is -4.22. The van der Waals surface area contributed by atoms with Crippen LogP contribution in [-0.4, -0.2) is 50.4 Å². The van der Waals surface area contributed by atoms with Crippen molar-refractivity contribution >= 4 is 43.8 Å². The van der Waals surface area contributed by atoms with E-state index >= 15 is 0 Å². The fraction of sp³-hybridized carbons (Fsp3) is 0.500. The number of hydrogen-bond acceptors (Lipinski definition) is 6. The summed E-state index contributed by atoms with van der Waals surface area (Å²) in [5, 5.41) is 4.73. The van der Waals surface area contributed by atoms with Crippen LogP contribution in [0.4, 0.5) is 24.0 Å². The molecule has 1 unspecified atom stereocenters. The van der Waals surface area contributed by atoms with Crippen LogP contribution < -0.4 is 10.0 Å². The molecule has 0 bridgehead atoms. The van der Waals surface area contributed by atoms with Gasteiger partial charge in [-0.1, -0.05) is 11.6 Å². The first kappa shape index (κ1) is 21.7. The van der Waals surface area contributed by atoms with Crippen LogP contribution in [0, 0.1) is 17.7 Å². The van der Waals surface area contributed by atoms with E-state index in [-0.39, 0.29) is 34.3 Å². The fourth-order valence-electron chi connectivity index (χ4n) is 4.17. The van der Waals surface area contributed by atoms with E-state index in [2.05, 4.69) is 15.0 Å². The second-order valence-corrected chi connectivity index (χ2v) is 10.8. The third-order valence-electron chi connectivity index (χ3n) is 5.80. The summed E-state index contributed by atoms with van der Waals surface area (Å²) >= 11 is 7.30. The number of sulfonamides is 1. The summed E-state index contributed by atoms with van der Waals surface area (Å²) in [6.45, 7) is 0. The van der Waals surface area contributed by atoms with Crippen LogP contribution in [0.3, 0.4) is 0 Å². The minimum Gasteiger partial charge on any atom is -0.379 e. The van der Waals surface area contributed by atoms with Gasteiger partial charge in [0.1, 0.15) is 10.7 Å². The van der Waals surface area contributed by atoms with Crippen LogP contribution in [0.1, 0.15) is 12.8 Å². The predicted molar refractivity (Wildman–Crippen MR) is 110 cm³/mol. The van der Waals surface area contributed by atoms with Crippen LogP contribution >= 0.6 is 22.9 Å². The van der Waals surface area contributed by atoms with Crippen molar-refractivity contribution in [3.8, 4) is 0 Å². The number of thiazole rings is 1. The molecule has 0 radical (unpaired) electrons. The van der Waals surface area contributed by atoms with Crippen LogP contribution in [0.15, 0.2) is 28.6 Å². The minimum absolute atomic E-state index is 0.0156. The molecule has 2 fully saturated rings. The van der Waals surface area contributed by atoms with Gasteiger partial charge in [0, 0.05) is 35.5 Å². The van der Waals surface area contributed by atoms with E-state index in [0.717, 1.165) is 23.5 Å². The van der Waals surface area contributed by atoms with E-state index in [4.69, 9.17) is 11.6 Å². The Labute approximate surface area is 181 Å². The number of alkyl halides is 2. The van der Waals surface area contributed by atoms with Gasteiger partial charge in [-0.05, 0) is 39.1 Å². The number of nitrogens with zero attached hydrogens (tertiary/aromatic N) is 2. The van der Waals surface area contributed by atoms with Gasteiger partial charge in [0.05, 0.1) is 10.7 Å². The van der Waals surface area contributed by atoms with Gasteiger partial charge in [0.15, 0.2) is 5.13 Å². The molecule has 0 spiro atoms. The van der Waals surface area contributed by atoms with Crippen LogP contribution in [-0.2, 0) is 10.0 Å². The summed E-state index contributed by atoms with van der Waals surface area (Å²) in [5.41, 5.74) is 0.168. The summed E-state index contributed by atoms with van der Waals surface area (Å²) in [7, 11) is -0.609. The molecule has 2 aliphatic carbocycles. The second-order valence-electron chi connectivity index (χ2n) is 7.85. The Morgan fingerprint density at radius 1 is 1.27 bits per heavy atom. The van der Waals surface area contributed by atoms with Crippen molar-refractivity contribution in [2.45, 2.75) is 35.7 Å². The lowest BCUT2D eigenvalue weighted by Crippen LogP contribution is -2.46.